The van der Waals surface area contributed by atoms with Crippen molar-refractivity contribution in [2.45, 2.75) is 58.8 Å². The van der Waals surface area contributed by atoms with Crippen molar-refractivity contribution in [3.63, 3.8) is 0 Å². The lowest BCUT2D eigenvalue weighted by atomic mass is 9.86. The zero-order valence-electron chi connectivity index (χ0n) is 11.8. The van der Waals surface area contributed by atoms with Gasteiger partial charge in [-0.2, -0.15) is 12.6 Å². The molecule has 0 aliphatic rings. The molecule has 0 saturated heterocycles. The van der Waals surface area contributed by atoms with Gasteiger partial charge in [0, 0.05) is 18.9 Å². The van der Waals surface area contributed by atoms with Crippen LogP contribution in [-0.2, 0) is 9.59 Å². The number of rotatable bonds is 5. The summed E-state index contributed by atoms with van der Waals surface area (Å²) in [5, 5.41) is 0.209. The molecule has 2 atom stereocenters. The van der Waals surface area contributed by atoms with Crippen LogP contribution in [0.2, 0.25) is 0 Å². The molecular weight excluding hydrogens is 234 g/mol. The molecule has 100 valence electrons. The van der Waals surface area contributed by atoms with E-state index in [1.807, 2.05) is 27.7 Å². The third kappa shape index (κ3) is 5.57. The molecule has 0 fully saturated rings. The van der Waals surface area contributed by atoms with Crippen LogP contribution in [-0.4, -0.2) is 34.9 Å². The van der Waals surface area contributed by atoms with Gasteiger partial charge in [-0.1, -0.05) is 27.7 Å². The number of ketones is 1. The van der Waals surface area contributed by atoms with Crippen LogP contribution in [0, 0.1) is 5.41 Å². The van der Waals surface area contributed by atoms with Crippen molar-refractivity contribution in [3.8, 4) is 0 Å². The Balaban J connectivity index is 4.45. The van der Waals surface area contributed by atoms with E-state index in [-0.39, 0.29) is 23.0 Å². The molecule has 0 aliphatic heterocycles. The summed E-state index contributed by atoms with van der Waals surface area (Å²) < 4.78 is 0. The molecule has 4 heteroatoms. The van der Waals surface area contributed by atoms with Crippen LogP contribution < -0.4 is 0 Å². The van der Waals surface area contributed by atoms with Crippen LogP contribution in [0.5, 0.6) is 0 Å². The fourth-order valence-electron chi connectivity index (χ4n) is 1.53. The van der Waals surface area contributed by atoms with Crippen LogP contribution in [0.1, 0.15) is 47.5 Å². The van der Waals surface area contributed by atoms with Gasteiger partial charge >= 0.3 is 0 Å². The summed E-state index contributed by atoms with van der Waals surface area (Å²) in [4.78, 5) is 25.4. The SMILES string of the molecule is CC(S)CCC(=O)N(C)[C@@H](C)C(=O)C(C)(C)C. The van der Waals surface area contributed by atoms with Gasteiger partial charge in [0.2, 0.25) is 5.91 Å². The molecule has 0 aromatic rings. The van der Waals surface area contributed by atoms with Crippen molar-refractivity contribution in [1.82, 2.24) is 4.90 Å². The first-order valence-electron chi connectivity index (χ1n) is 6.05. The number of amides is 1. The summed E-state index contributed by atoms with van der Waals surface area (Å²) in [5.41, 5.74) is -0.412. The van der Waals surface area contributed by atoms with Crippen molar-refractivity contribution in [1.29, 1.82) is 0 Å². The molecule has 0 N–H and O–H groups in total. The first-order valence-corrected chi connectivity index (χ1v) is 6.57. The summed E-state index contributed by atoms with van der Waals surface area (Å²) in [6.07, 6.45) is 1.19. The number of likely N-dealkylation sites (N-methyl/N-ethyl adjacent to an activating group) is 1. The van der Waals surface area contributed by atoms with Crippen molar-refractivity contribution < 1.29 is 9.59 Å². The van der Waals surface area contributed by atoms with E-state index in [1.165, 1.54) is 0 Å². The van der Waals surface area contributed by atoms with Gasteiger partial charge in [-0.25, -0.2) is 0 Å². The van der Waals surface area contributed by atoms with Gasteiger partial charge in [0.1, 0.15) is 0 Å². The van der Waals surface area contributed by atoms with E-state index in [9.17, 15) is 9.59 Å². The maximum atomic E-state index is 12.0. The van der Waals surface area contributed by atoms with Gasteiger partial charge < -0.3 is 4.90 Å². The molecular formula is C13H25NO2S. The molecule has 0 spiro atoms. The number of thiol groups is 1. The standard InChI is InChI=1S/C13H25NO2S/c1-9(17)7-8-11(15)14(6)10(2)12(16)13(3,4)5/h9-10,17H,7-8H2,1-6H3/t9?,10-/m0/s1. The molecule has 0 bridgehead atoms. The third-order valence-electron chi connectivity index (χ3n) is 2.87. The van der Waals surface area contributed by atoms with Crippen LogP contribution in [0.3, 0.4) is 0 Å². The van der Waals surface area contributed by atoms with E-state index in [4.69, 9.17) is 0 Å². The number of carbonyl (C=O) groups excluding carboxylic acids is 2. The Hall–Kier alpha value is -0.510. The Bertz CT molecular complexity index is 282. The van der Waals surface area contributed by atoms with Crippen molar-refractivity contribution in [3.05, 3.63) is 0 Å². The maximum Gasteiger partial charge on any atom is 0.222 e. The van der Waals surface area contributed by atoms with Gasteiger partial charge in [-0.15, -0.1) is 0 Å². The Labute approximate surface area is 110 Å². The summed E-state index contributed by atoms with van der Waals surface area (Å²) in [6.45, 7) is 9.37. The highest BCUT2D eigenvalue weighted by Gasteiger charge is 2.30. The highest BCUT2D eigenvalue weighted by molar-refractivity contribution is 7.80. The molecule has 0 aromatic carbocycles. The zero-order valence-corrected chi connectivity index (χ0v) is 12.7. The minimum atomic E-state index is -0.412. The fourth-order valence-corrected chi connectivity index (χ4v) is 1.66. The van der Waals surface area contributed by atoms with Gasteiger partial charge in [0.05, 0.1) is 6.04 Å². The molecule has 0 heterocycles. The zero-order chi connectivity index (χ0) is 13.8. The number of Topliss-reactive ketones (excluding diaryl/α,β-unsaturated/α-hetero) is 1. The van der Waals surface area contributed by atoms with Gasteiger partial charge in [-0.3, -0.25) is 9.59 Å². The van der Waals surface area contributed by atoms with E-state index in [0.29, 0.717) is 6.42 Å². The molecule has 17 heavy (non-hydrogen) atoms. The quantitative estimate of drug-likeness (QED) is 0.770. The Kier molecular flexibility index (Phi) is 6.24. The average Bonchev–Trinajstić information content (AvgIpc) is 2.21. The van der Waals surface area contributed by atoms with Crippen molar-refractivity contribution in [2.75, 3.05) is 7.05 Å². The van der Waals surface area contributed by atoms with Crippen molar-refractivity contribution >= 4 is 24.3 Å². The first-order chi connectivity index (χ1) is 7.57. The molecule has 1 unspecified atom stereocenters. The Morgan fingerprint density at radius 2 is 1.71 bits per heavy atom. The second-order valence-corrected chi connectivity index (χ2v) is 6.56. The monoisotopic (exact) mass is 259 g/mol. The number of hydrogen-bond acceptors (Lipinski definition) is 3. The van der Waals surface area contributed by atoms with Gasteiger partial charge in [0.15, 0.2) is 5.78 Å². The fraction of sp³-hybridized carbons (Fsp3) is 0.846. The molecule has 0 rings (SSSR count). The predicted octanol–water partition coefficient (Wildman–Crippen LogP) is 2.55. The van der Waals surface area contributed by atoms with Gasteiger partial charge in [-0.05, 0) is 18.6 Å². The molecule has 0 radical (unpaired) electrons. The lowest BCUT2D eigenvalue weighted by Crippen LogP contribution is -2.44. The van der Waals surface area contributed by atoms with Crippen molar-refractivity contribution in [2.24, 2.45) is 5.41 Å². The summed E-state index contributed by atoms with van der Waals surface area (Å²) in [5.74, 6) is 0.100. The predicted molar refractivity (Wildman–Crippen MR) is 74.4 cm³/mol. The lowest BCUT2D eigenvalue weighted by molar-refractivity contribution is -0.140. The number of carbonyl (C=O) groups is 2. The smallest absolute Gasteiger partial charge is 0.222 e. The highest BCUT2D eigenvalue weighted by atomic mass is 32.1. The second-order valence-electron chi connectivity index (χ2n) is 5.68. The molecule has 0 aliphatic carbocycles. The second kappa shape index (κ2) is 6.43. The normalized spacial score (nSPS) is 15.2. The van der Waals surface area contributed by atoms with Crippen LogP contribution in [0.15, 0.2) is 0 Å². The largest absolute Gasteiger partial charge is 0.336 e. The Morgan fingerprint density at radius 3 is 2.06 bits per heavy atom. The minimum Gasteiger partial charge on any atom is -0.336 e. The van der Waals surface area contributed by atoms with E-state index in [1.54, 1.807) is 18.9 Å². The topological polar surface area (TPSA) is 37.4 Å². The molecule has 0 aromatic heterocycles. The molecule has 1 amide bonds. The number of hydrogen-bond donors (Lipinski definition) is 1. The highest BCUT2D eigenvalue weighted by Crippen LogP contribution is 2.19. The maximum absolute atomic E-state index is 12.0. The summed E-state index contributed by atoms with van der Waals surface area (Å²) in [6, 6.07) is -0.363. The molecule has 0 saturated carbocycles. The Morgan fingerprint density at radius 1 is 1.24 bits per heavy atom. The van der Waals surface area contributed by atoms with Gasteiger partial charge in [0.25, 0.3) is 0 Å². The minimum absolute atomic E-state index is 0.0102. The third-order valence-corrected chi connectivity index (χ3v) is 3.13. The van der Waals surface area contributed by atoms with Crippen LogP contribution >= 0.6 is 12.6 Å². The van der Waals surface area contributed by atoms with Crippen LogP contribution in [0.25, 0.3) is 0 Å². The summed E-state index contributed by atoms with van der Waals surface area (Å²) in [7, 11) is 1.69. The number of nitrogens with zero attached hydrogens (tertiary/aromatic N) is 1. The van der Waals surface area contributed by atoms with E-state index >= 15 is 0 Å². The first kappa shape index (κ1) is 16.5. The average molecular weight is 259 g/mol. The molecule has 3 nitrogen and oxygen atoms in total. The summed E-state index contributed by atoms with van der Waals surface area (Å²) >= 11 is 4.24. The van der Waals surface area contributed by atoms with E-state index in [2.05, 4.69) is 12.6 Å². The van der Waals surface area contributed by atoms with E-state index < -0.39 is 5.41 Å². The lowest BCUT2D eigenvalue weighted by Gasteiger charge is -2.29. The van der Waals surface area contributed by atoms with E-state index in [0.717, 1.165) is 6.42 Å². The van der Waals surface area contributed by atoms with Crippen LogP contribution in [0.4, 0.5) is 0 Å².